The highest BCUT2D eigenvalue weighted by molar-refractivity contribution is 6.22. The summed E-state index contributed by atoms with van der Waals surface area (Å²) in [5.74, 6) is -3.76. The molecule has 1 saturated heterocycles. The molecule has 2 amide bonds. The predicted octanol–water partition coefficient (Wildman–Crippen LogP) is -0.511. The van der Waals surface area contributed by atoms with Crippen LogP contribution in [-0.4, -0.2) is 89.7 Å². The first-order valence-corrected chi connectivity index (χ1v) is 9.92. The van der Waals surface area contributed by atoms with Gasteiger partial charge >= 0.3 is 0 Å². The van der Waals surface area contributed by atoms with E-state index in [9.17, 15) is 32.7 Å². The molecule has 0 aromatic carbocycles. The Morgan fingerprint density at radius 3 is 2.65 bits per heavy atom. The zero-order valence-corrected chi connectivity index (χ0v) is 16.7. The van der Waals surface area contributed by atoms with Gasteiger partial charge in [0.05, 0.1) is 19.5 Å². The molecule has 1 aliphatic carbocycles. The lowest BCUT2D eigenvalue weighted by Crippen LogP contribution is -2.68. The number of carbonyl (C=O) groups is 3. The molecule has 2 heterocycles. The van der Waals surface area contributed by atoms with E-state index in [1.165, 1.54) is 11.3 Å². The third-order valence-electron chi connectivity index (χ3n) is 5.63. The lowest BCUT2D eigenvalue weighted by molar-refractivity contribution is -0.162. The third kappa shape index (κ3) is 4.85. The summed E-state index contributed by atoms with van der Waals surface area (Å²) in [5.41, 5.74) is -0.460. The number of rotatable bonds is 7. The number of Topliss-reactive ketones (excluding diaryl/α,β-unsaturated/α-hetero) is 1. The van der Waals surface area contributed by atoms with Gasteiger partial charge in [-0.1, -0.05) is 6.58 Å². The van der Waals surface area contributed by atoms with Crippen molar-refractivity contribution in [2.75, 3.05) is 26.4 Å². The van der Waals surface area contributed by atoms with Gasteiger partial charge in [-0.05, 0) is 0 Å². The zero-order chi connectivity index (χ0) is 22.7. The van der Waals surface area contributed by atoms with E-state index in [0.717, 1.165) is 6.20 Å². The fraction of sp³-hybridized carbons (Fsp3) is 0.632. The number of hydrogen-bond acceptors (Lipinski definition) is 7. The maximum absolute atomic E-state index is 14.0. The number of hydrogen-bond donors (Lipinski definition) is 3. The number of nitrogens with zero attached hydrogens (tertiary/aromatic N) is 2. The highest BCUT2D eigenvalue weighted by atomic mass is 19.2. The lowest BCUT2D eigenvalue weighted by Gasteiger charge is -2.46. The van der Waals surface area contributed by atoms with E-state index >= 15 is 0 Å². The molecule has 12 heteroatoms. The summed E-state index contributed by atoms with van der Waals surface area (Å²) in [6.45, 7) is 3.46. The van der Waals surface area contributed by atoms with E-state index in [0.29, 0.717) is 0 Å². The second-order valence-corrected chi connectivity index (χ2v) is 7.62. The van der Waals surface area contributed by atoms with Crippen LogP contribution >= 0.6 is 0 Å². The van der Waals surface area contributed by atoms with Crippen molar-refractivity contribution in [2.24, 2.45) is 5.92 Å². The van der Waals surface area contributed by atoms with Crippen LogP contribution in [0.5, 0.6) is 0 Å². The Bertz CT molecular complexity index is 755. The second-order valence-electron chi connectivity index (χ2n) is 7.62. The van der Waals surface area contributed by atoms with Crippen molar-refractivity contribution >= 4 is 17.6 Å². The zero-order valence-electron chi connectivity index (χ0n) is 16.7. The normalized spacial score (nSPS) is 33.8. The molecule has 1 saturated carbocycles. The Balaban J connectivity index is 1.73. The molecule has 9 nitrogen and oxygen atoms in total. The first kappa shape index (κ1) is 23.1. The topological polar surface area (TPSA) is 111 Å². The fourth-order valence-corrected chi connectivity index (χ4v) is 3.93. The SMILES string of the molecule is C=COCCN1CNC(=O)C2C(O)C(=O)C(C(=O)NCC3C(F)CC(F)CC3F)=CN21. The van der Waals surface area contributed by atoms with Crippen LogP contribution in [0, 0.1) is 5.92 Å². The Morgan fingerprint density at radius 1 is 1.32 bits per heavy atom. The minimum absolute atomic E-state index is 0.0433. The number of ketones is 1. The van der Waals surface area contributed by atoms with E-state index < -0.39 is 79.1 Å². The number of hydrazine groups is 1. The van der Waals surface area contributed by atoms with Gasteiger partial charge in [0, 0.05) is 31.5 Å². The van der Waals surface area contributed by atoms with Gasteiger partial charge in [0.1, 0.15) is 36.8 Å². The molecule has 2 fully saturated rings. The molecular formula is C19H25F3N4O5. The molecule has 2 aliphatic heterocycles. The van der Waals surface area contributed by atoms with E-state index in [1.807, 2.05) is 0 Å². The maximum Gasteiger partial charge on any atom is 0.256 e. The van der Waals surface area contributed by atoms with E-state index in [4.69, 9.17) is 4.74 Å². The van der Waals surface area contributed by atoms with Gasteiger partial charge in [0.2, 0.25) is 11.7 Å². The molecular weight excluding hydrogens is 421 g/mol. The molecule has 3 N–H and O–H groups in total. The minimum atomic E-state index is -1.82. The minimum Gasteiger partial charge on any atom is -0.500 e. The van der Waals surface area contributed by atoms with E-state index in [2.05, 4.69) is 17.2 Å². The van der Waals surface area contributed by atoms with Crippen LogP contribution in [0.1, 0.15) is 12.8 Å². The molecule has 31 heavy (non-hydrogen) atoms. The van der Waals surface area contributed by atoms with Crippen molar-refractivity contribution in [2.45, 2.75) is 43.5 Å². The number of fused-ring (bicyclic) bond motifs is 1. The second kappa shape index (κ2) is 9.69. The van der Waals surface area contributed by atoms with Crippen LogP contribution in [0.25, 0.3) is 0 Å². The van der Waals surface area contributed by atoms with Crippen LogP contribution in [0.2, 0.25) is 0 Å². The van der Waals surface area contributed by atoms with Crippen LogP contribution in [-0.2, 0) is 19.1 Å². The summed E-state index contributed by atoms with van der Waals surface area (Å²) < 4.78 is 46.4. The summed E-state index contributed by atoms with van der Waals surface area (Å²) in [6.07, 6.45) is -5.48. The van der Waals surface area contributed by atoms with Crippen molar-refractivity contribution < 1.29 is 37.4 Å². The van der Waals surface area contributed by atoms with Crippen molar-refractivity contribution in [3.63, 3.8) is 0 Å². The molecule has 0 radical (unpaired) electrons. The van der Waals surface area contributed by atoms with Gasteiger partial charge in [0.15, 0.2) is 6.04 Å². The first-order valence-electron chi connectivity index (χ1n) is 9.92. The molecule has 4 atom stereocenters. The first-order chi connectivity index (χ1) is 14.7. The fourth-order valence-electron chi connectivity index (χ4n) is 3.93. The smallest absolute Gasteiger partial charge is 0.256 e. The van der Waals surface area contributed by atoms with Crippen molar-refractivity contribution in [3.05, 3.63) is 24.6 Å². The molecule has 4 unspecified atom stereocenters. The summed E-state index contributed by atoms with van der Waals surface area (Å²) in [4.78, 5) is 37.3. The molecule has 3 rings (SSSR count). The molecule has 0 aromatic rings. The molecule has 0 aromatic heterocycles. The number of nitrogens with one attached hydrogen (secondary N) is 2. The molecule has 0 bridgehead atoms. The Kier molecular flexibility index (Phi) is 7.21. The number of halogens is 3. The van der Waals surface area contributed by atoms with Crippen molar-refractivity contribution in [3.8, 4) is 0 Å². The van der Waals surface area contributed by atoms with E-state index in [-0.39, 0.29) is 19.8 Å². The Hall–Kier alpha value is -2.60. The van der Waals surface area contributed by atoms with E-state index in [1.54, 1.807) is 5.01 Å². The Labute approximate surface area is 176 Å². The maximum atomic E-state index is 14.0. The third-order valence-corrected chi connectivity index (χ3v) is 5.63. The molecule has 172 valence electrons. The van der Waals surface area contributed by atoms with Crippen LogP contribution in [0.15, 0.2) is 24.6 Å². The number of ether oxygens (including phenoxy) is 1. The number of amides is 2. The highest BCUT2D eigenvalue weighted by Crippen LogP contribution is 2.31. The van der Waals surface area contributed by atoms with Crippen molar-refractivity contribution in [1.29, 1.82) is 0 Å². The van der Waals surface area contributed by atoms with Crippen LogP contribution < -0.4 is 10.6 Å². The van der Waals surface area contributed by atoms with Gasteiger partial charge in [-0.2, -0.15) is 5.01 Å². The van der Waals surface area contributed by atoms with Crippen molar-refractivity contribution in [1.82, 2.24) is 20.7 Å². The number of alkyl halides is 3. The molecule has 3 aliphatic rings. The number of aliphatic hydroxyl groups is 1. The highest BCUT2D eigenvalue weighted by Gasteiger charge is 2.47. The van der Waals surface area contributed by atoms with Crippen LogP contribution in [0.4, 0.5) is 13.2 Å². The molecule has 0 spiro atoms. The van der Waals surface area contributed by atoms with Gasteiger partial charge in [-0.25, -0.2) is 13.2 Å². The average molecular weight is 446 g/mol. The van der Waals surface area contributed by atoms with Gasteiger partial charge < -0.3 is 20.5 Å². The summed E-state index contributed by atoms with van der Waals surface area (Å²) >= 11 is 0. The summed E-state index contributed by atoms with van der Waals surface area (Å²) in [5, 5.41) is 18.0. The number of carbonyl (C=O) groups excluding carboxylic acids is 3. The average Bonchev–Trinajstić information content (AvgIpc) is 2.71. The predicted molar refractivity (Wildman–Crippen MR) is 101 cm³/mol. The van der Waals surface area contributed by atoms with Gasteiger partial charge in [-0.15, -0.1) is 0 Å². The summed E-state index contributed by atoms with van der Waals surface area (Å²) in [6, 6.07) is -1.27. The summed E-state index contributed by atoms with van der Waals surface area (Å²) in [7, 11) is 0. The standard InChI is InChI=1S/C19H25F3N4O5/c1-2-31-4-3-25-9-24-19(30)15-17(28)16(27)12(8-26(15)25)18(29)23-7-11-13(21)5-10(20)6-14(11)22/h2,8,10-11,13-15,17,28H,1,3-7,9H2,(H,23,29)(H,24,30). The number of aliphatic hydroxyl groups excluding tert-OH is 1. The Morgan fingerprint density at radius 2 is 2.00 bits per heavy atom. The monoisotopic (exact) mass is 446 g/mol. The van der Waals surface area contributed by atoms with Gasteiger partial charge in [0.25, 0.3) is 5.91 Å². The largest absolute Gasteiger partial charge is 0.500 e. The van der Waals surface area contributed by atoms with Gasteiger partial charge in [-0.3, -0.25) is 19.4 Å². The lowest BCUT2D eigenvalue weighted by atomic mass is 9.84. The van der Waals surface area contributed by atoms with Crippen LogP contribution in [0.3, 0.4) is 0 Å². The quantitative estimate of drug-likeness (QED) is 0.274.